The van der Waals surface area contributed by atoms with E-state index in [2.05, 4.69) is 13.8 Å². The van der Waals surface area contributed by atoms with Gasteiger partial charge in [0.2, 0.25) is 0 Å². The van der Waals surface area contributed by atoms with Crippen LogP contribution in [-0.4, -0.2) is 22.4 Å². The van der Waals surface area contributed by atoms with Crippen LogP contribution in [0.25, 0.3) is 0 Å². The first-order valence-electron chi connectivity index (χ1n) is 7.09. The van der Waals surface area contributed by atoms with Gasteiger partial charge < -0.3 is 4.74 Å². The summed E-state index contributed by atoms with van der Waals surface area (Å²) in [6.45, 7) is 8.22. The lowest BCUT2D eigenvalue weighted by atomic mass is 10.1. The van der Waals surface area contributed by atoms with E-state index in [4.69, 9.17) is 4.74 Å². The molecule has 1 aromatic rings. The Labute approximate surface area is 124 Å². The van der Waals surface area contributed by atoms with E-state index in [1.165, 1.54) is 6.92 Å². The summed E-state index contributed by atoms with van der Waals surface area (Å²) in [7, 11) is -0.928. The van der Waals surface area contributed by atoms with Crippen LogP contribution in [0.15, 0.2) is 18.2 Å². The lowest BCUT2D eigenvalue weighted by molar-refractivity contribution is 0.101. The molecule has 0 amide bonds. The SMILES string of the molecule is CCOc1ccc(C(C)=O)cc1CS(=O)CC(C)CC. The summed E-state index contributed by atoms with van der Waals surface area (Å²) < 4.78 is 17.7. The van der Waals surface area contributed by atoms with Gasteiger partial charge in [-0.2, -0.15) is 0 Å². The van der Waals surface area contributed by atoms with E-state index in [9.17, 15) is 9.00 Å². The first kappa shape index (κ1) is 16.9. The van der Waals surface area contributed by atoms with Crippen molar-refractivity contribution in [1.82, 2.24) is 0 Å². The molecule has 2 atom stereocenters. The molecule has 0 radical (unpaired) electrons. The van der Waals surface area contributed by atoms with Gasteiger partial charge in [0.05, 0.1) is 12.4 Å². The number of ether oxygens (including phenoxy) is 1. The van der Waals surface area contributed by atoms with Gasteiger partial charge in [-0.05, 0) is 38.0 Å². The molecule has 0 saturated heterocycles. The minimum absolute atomic E-state index is 0.0157. The molecule has 1 aromatic carbocycles. The summed E-state index contributed by atoms with van der Waals surface area (Å²) in [5, 5.41) is 0. The molecule has 0 saturated carbocycles. The average molecular weight is 296 g/mol. The highest BCUT2D eigenvalue weighted by Crippen LogP contribution is 2.23. The highest BCUT2D eigenvalue weighted by Gasteiger charge is 2.12. The lowest BCUT2D eigenvalue weighted by Gasteiger charge is -2.13. The normalized spacial score (nSPS) is 13.8. The molecule has 0 heterocycles. The topological polar surface area (TPSA) is 43.4 Å². The van der Waals surface area contributed by atoms with Crippen molar-refractivity contribution >= 4 is 16.6 Å². The Balaban J connectivity index is 2.92. The fraction of sp³-hybridized carbons (Fsp3) is 0.562. The number of hydrogen-bond acceptors (Lipinski definition) is 3. The third-order valence-corrected chi connectivity index (χ3v) is 4.82. The molecule has 0 aromatic heterocycles. The monoisotopic (exact) mass is 296 g/mol. The zero-order chi connectivity index (χ0) is 15.1. The maximum absolute atomic E-state index is 12.2. The van der Waals surface area contributed by atoms with Crippen LogP contribution in [0.4, 0.5) is 0 Å². The highest BCUT2D eigenvalue weighted by molar-refractivity contribution is 7.84. The van der Waals surface area contributed by atoms with Gasteiger partial charge in [-0.1, -0.05) is 20.3 Å². The minimum atomic E-state index is -0.928. The summed E-state index contributed by atoms with van der Waals surface area (Å²) in [5.41, 5.74) is 1.50. The number of benzene rings is 1. The largest absolute Gasteiger partial charge is 0.494 e. The lowest BCUT2D eigenvalue weighted by Crippen LogP contribution is -2.10. The Morgan fingerprint density at radius 2 is 2.05 bits per heavy atom. The minimum Gasteiger partial charge on any atom is -0.494 e. The van der Waals surface area contributed by atoms with Crippen molar-refractivity contribution in [2.75, 3.05) is 12.4 Å². The quantitative estimate of drug-likeness (QED) is 0.689. The fourth-order valence-electron chi connectivity index (χ4n) is 1.88. The van der Waals surface area contributed by atoms with Gasteiger partial charge >= 0.3 is 0 Å². The number of ketones is 1. The maximum atomic E-state index is 12.2. The standard InChI is InChI=1S/C16H24O3S/c1-5-12(3)10-20(18)11-15-9-14(13(4)17)7-8-16(15)19-6-2/h7-9,12H,5-6,10-11H2,1-4H3. The Morgan fingerprint density at radius 1 is 1.35 bits per heavy atom. The van der Waals surface area contributed by atoms with E-state index in [1.807, 2.05) is 13.0 Å². The second-order valence-electron chi connectivity index (χ2n) is 5.08. The van der Waals surface area contributed by atoms with Crippen LogP contribution in [-0.2, 0) is 16.6 Å². The molecule has 0 N–H and O–H groups in total. The van der Waals surface area contributed by atoms with Gasteiger partial charge in [0, 0.05) is 27.7 Å². The van der Waals surface area contributed by atoms with Crippen molar-refractivity contribution in [3.05, 3.63) is 29.3 Å². The number of Topliss-reactive ketones (excluding diaryl/α,β-unsaturated/α-hetero) is 1. The summed E-state index contributed by atoms with van der Waals surface area (Å²) in [5.74, 6) is 2.33. The molecule has 0 fully saturated rings. The van der Waals surface area contributed by atoms with Crippen LogP contribution >= 0.6 is 0 Å². The van der Waals surface area contributed by atoms with Crippen molar-refractivity contribution in [1.29, 1.82) is 0 Å². The summed E-state index contributed by atoms with van der Waals surface area (Å²) in [4.78, 5) is 11.5. The Bertz CT molecular complexity index is 483. The van der Waals surface area contributed by atoms with Gasteiger partial charge in [-0.3, -0.25) is 9.00 Å². The third-order valence-electron chi connectivity index (χ3n) is 3.25. The molecule has 4 heteroatoms. The second-order valence-corrected chi connectivity index (χ2v) is 6.58. The van der Waals surface area contributed by atoms with Crippen LogP contribution < -0.4 is 4.74 Å². The summed E-state index contributed by atoms with van der Waals surface area (Å²) in [6.07, 6.45) is 1.03. The van der Waals surface area contributed by atoms with Gasteiger partial charge in [-0.15, -0.1) is 0 Å². The van der Waals surface area contributed by atoms with Gasteiger partial charge in [0.1, 0.15) is 5.75 Å². The van der Waals surface area contributed by atoms with E-state index < -0.39 is 10.8 Å². The van der Waals surface area contributed by atoms with Crippen molar-refractivity contribution in [2.45, 2.75) is 39.9 Å². The molecule has 0 aliphatic rings. The van der Waals surface area contributed by atoms with Crippen LogP contribution in [0.3, 0.4) is 0 Å². The van der Waals surface area contributed by atoms with E-state index >= 15 is 0 Å². The summed E-state index contributed by atoms with van der Waals surface area (Å²) in [6, 6.07) is 5.37. The molecule has 0 spiro atoms. The molecule has 1 rings (SSSR count). The fourth-order valence-corrected chi connectivity index (χ4v) is 3.44. The molecule has 0 bridgehead atoms. The number of rotatable bonds is 8. The first-order valence-corrected chi connectivity index (χ1v) is 8.58. The second kappa shape index (κ2) is 8.20. The molecule has 3 nitrogen and oxygen atoms in total. The first-order chi connectivity index (χ1) is 9.47. The zero-order valence-electron chi connectivity index (χ0n) is 12.8. The molecule has 20 heavy (non-hydrogen) atoms. The Kier molecular flexibility index (Phi) is 6.93. The molecule has 0 aliphatic carbocycles. The third kappa shape index (κ3) is 5.08. The van der Waals surface area contributed by atoms with Crippen molar-refractivity contribution in [2.24, 2.45) is 5.92 Å². The number of carbonyl (C=O) groups is 1. The van der Waals surface area contributed by atoms with Gasteiger partial charge in [0.25, 0.3) is 0 Å². The number of carbonyl (C=O) groups excluding carboxylic acids is 1. The molecule has 112 valence electrons. The van der Waals surface area contributed by atoms with E-state index in [0.29, 0.717) is 29.6 Å². The molecular weight excluding hydrogens is 272 g/mol. The van der Waals surface area contributed by atoms with Gasteiger partial charge in [0.15, 0.2) is 5.78 Å². The smallest absolute Gasteiger partial charge is 0.159 e. The Hall–Kier alpha value is -1.16. The highest BCUT2D eigenvalue weighted by atomic mass is 32.2. The predicted molar refractivity (Wildman–Crippen MR) is 83.8 cm³/mol. The van der Waals surface area contributed by atoms with E-state index in [1.54, 1.807) is 12.1 Å². The summed E-state index contributed by atoms with van der Waals surface area (Å²) >= 11 is 0. The predicted octanol–water partition coefficient (Wildman–Crippen LogP) is 3.58. The maximum Gasteiger partial charge on any atom is 0.159 e. The Morgan fingerprint density at radius 3 is 2.60 bits per heavy atom. The van der Waals surface area contributed by atoms with Crippen LogP contribution in [0.1, 0.15) is 50.0 Å². The van der Waals surface area contributed by atoms with Crippen molar-refractivity contribution in [3.8, 4) is 5.75 Å². The van der Waals surface area contributed by atoms with Gasteiger partial charge in [-0.25, -0.2) is 0 Å². The molecular formula is C16H24O3S. The van der Waals surface area contributed by atoms with Crippen LogP contribution in [0.5, 0.6) is 5.75 Å². The molecule has 0 aliphatic heterocycles. The average Bonchev–Trinajstić information content (AvgIpc) is 2.40. The number of hydrogen-bond donors (Lipinski definition) is 0. The van der Waals surface area contributed by atoms with E-state index in [0.717, 1.165) is 17.7 Å². The van der Waals surface area contributed by atoms with Crippen LogP contribution in [0, 0.1) is 5.92 Å². The van der Waals surface area contributed by atoms with E-state index in [-0.39, 0.29) is 5.78 Å². The van der Waals surface area contributed by atoms with Crippen molar-refractivity contribution < 1.29 is 13.7 Å². The molecule has 2 unspecified atom stereocenters. The zero-order valence-corrected chi connectivity index (χ0v) is 13.6. The van der Waals surface area contributed by atoms with Crippen LogP contribution in [0.2, 0.25) is 0 Å². The van der Waals surface area contributed by atoms with Crippen molar-refractivity contribution in [3.63, 3.8) is 0 Å².